The lowest BCUT2D eigenvalue weighted by atomic mass is 10.1. The molecule has 1 aromatic carbocycles. The van der Waals surface area contributed by atoms with Gasteiger partial charge in [0.25, 0.3) is 0 Å². The molecular formula is C12H13N3. The van der Waals surface area contributed by atoms with E-state index in [0.29, 0.717) is 0 Å². The Labute approximate surface area is 88.6 Å². The van der Waals surface area contributed by atoms with Gasteiger partial charge in [0.15, 0.2) is 5.82 Å². The molecule has 1 aliphatic rings. The van der Waals surface area contributed by atoms with Crippen LogP contribution in [0.3, 0.4) is 0 Å². The predicted molar refractivity (Wildman–Crippen MR) is 58.7 cm³/mol. The van der Waals surface area contributed by atoms with E-state index in [0.717, 1.165) is 23.3 Å². The molecule has 0 spiro atoms. The lowest BCUT2D eigenvalue weighted by molar-refractivity contribution is 0.879. The molecule has 0 N–H and O–H groups in total. The summed E-state index contributed by atoms with van der Waals surface area (Å²) in [4.78, 5) is 4.50. The minimum Gasteiger partial charge on any atom is -0.229 e. The minimum absolute atomic E-state index is 0.834. The molecule has 0 atom stereocenters. The molecule has 0 aliphatic heterocycles. The number of nitrogens with zero attached hydrogens (tertiary/aromatic N) is 3. The normalized spacial score (nSPS) is 14.5. The summed E-state index contributed by atoms with van der Waals surface area (Å²) < 4.78 is 0. The monoisotopic (exact) mass is 199 g/mol. The van der Waals surface area contributed by atoms with Crippen molar-refractivity contribution < 1.29 is 0 Å². The first kappa shape index (κ1) is 8.77. The van der Waals surface area contributed by atoms with E-state index in [2.05, 4.69) is 34.2 Å². The smallest absolute Gasteiger partial charge is 0.151 e. The number of aryl methyl sites for hydroxylation is 3. The SMILES string of the molecule is CCc1nnc2cc3c(cc2n1)CCC3. The van der Waals surface area contributed by atoms with Crippen LogP contribution in [0.15, 0.2) is 12.1 Å². The van der Waals surface area contributed by atoms with Gasteiger partial charge in [-0.25, -0.2) is 4.98 Å². The third kappa shape index (κ3) is 1.39. The molecule has 0 amide bonds. The zero-order valence-corrected chi connectivity index (χ0v) is 8.82. The Balaban J connectivity index is 2.24. The molecule has 0 radical (unpaired) electrons. The van der Waals surface area contributed by atoms with Crippen molar-refractivity contribution in [2.75, 3.05) is 0 Å². The van der Waals surface area contributed by atoms with E-state index < -0.39 is 0 Å². The Hall–Kier alpha value is -1.51. The van der Waals surface area contributed by atoms with Crippen LogP contribution in [0, 0.1) is 0 Å². The van der Waals surface area contributed by atoms with Crippen LogP contribution in [0.25, 0.3) is 11.0 Å². The van der Waals surface area contributed by atoms with Crippen LogP contribution in [0.5, 0.6) is 0 Å². The van der Waals surface area contributed by atoms with Gasteiger partial charge in [-0.3, -0.25) is 0 Å². The molecule has 0 saturated heterocycles. The first-order valence-electron chi connectivity index (χ1n) is 5.52. The van der Waals surface area contributed by atoms with E-state index in [1.165, 1.54) is 30.4 Å². The Kier molecular flexibility index (Phi) is 1.91. The average molecular weight is 199 g/mol. The van der Waals surface area contributed by atoms with E-state index in [4.69, 9.17) is 0 Å². The number of hydrogen-bond acceptors (Lipinski definition) is 3. The maximum atomic E-state index is 4.50. The second kappa shape index (κ2) is 3.26. The fourth-order valence-corrected chi connectivity index (χ4v) is 2.19. The van der Waals surface area contributed by atoms with Crippen LogP contribution in [0.1, 0.15) is 30.3 Å². The first-order chi connectivity index (χ1) is 7.36. The summed E-state index contributed by atoms with van der Waals surface area (Å²) in [6.07, 6.45) is 4.49. The van der Waals surface area contributed by atoms with Crippen molar-refractivity contribution in [3.8, 4) is 0 Å². The topological polar surface area (TPSA) is 38.7 Å². The van der Waals surface area contributed by atoms with Crippen LogP contribution in [-0.2, 0) is 19.3 Å². The standard InChI is InChI=1S/C12H13N3/c1-2-12-13-10-6-8-4-3-5-9(8)7-11(10)14-15-12/h6-7H,2-5H2,1H3. The summed E-state index contributed by atoms with van der Waals surface area (Å²) in [5.41, 5.74) is 4.82. The molecule has 0 fully saturated rings. The van der Waals surface area contributed by atoms with Crippen LogP contribution in [0.4, 0.5) is 0 Å². The lowest BCUT2D eigenvalue weighted by Gasteiger charge is -2.02. The summed E-state index contributed by atoms with van der Waals surface area (Å²) in [5, 5.41) is 8.31. The third-order valence-corrected chi connectivity index (χ3v) is 3.03. The largest absolute Gasteiger partial charge is 0.229 e. The van der Waals surface area contributed by atoms with E-state index in [1.807, 2.05) is 0 Å². The Morgan fingerprint density at radius 2 is 1.80 bits per heavy atom. The van der Waals surface area contributed by atoms with Crippen molar-refractivity contribution in [2.45, 2.75) is 32.6 Å². The maximum absolute atomic E-state index is 4.50. The summed E-state index contributed by atoms with van der Waals surface area (Å²) in [7, 11) is 0. The molecule has 2 aromatic rings. The highest BCUT2D eigenvalue weighted by Gasteiger charge is 2.12. The van der Waals surface area contributed by atoms with Gasteiger partial charge in [0.2, 0.25) is 0 Å². The van der Waals surface area contributed by atoms with Crippen molar-refractivity contribution in [3.63, 3.8) is 0 Å². The van der Waals surface area contributed by atoms with Crippen LogP contribution in [0.2, 0.25) is 0 Å². The molecule has 3 heteroatoms. The molecule has 76 valence electrons. The summed E-state index contributed by atoms with van der Waals surface area (Å²) >= 11 is 0. The molecule has 15 heavy (non-hydrogen) atoms. The van der Waals surface area contributed by atoms with Gasteiger partial charge < -0.3 is 0 Å². The van der Waals surface area contributed by atoms with Crippen molar-refractivity contribution >= 4 is 11.0 Å². The molecular weight excluding hydrogens is 186 g/mol. The molecule has 3 nitrogen and oxygen atoms in total. The number of aromatic nitrogens is 3. The van der Waals surface area contributed by atoms with E-state index in [1.54, 1.807) is 0 Å². The molecule has 1 aliphatic carbocycles. The van der Waals surface area contributed by atoms with Crippen molar-refractivity contribution in [3.05, 3.63) is 29.1 Å². The lowest BCUT2D eigenvalue weighted by Crippen LogP contribution is -1.97. The van der Waals surface area contributed by atoms with Crippen molar-refractivity contribution in [2.24, 2.45) is 0 Å². The number of benzene rings is 1. The van der Waals surface area contributed by atoms with Crippen LogP contribution in [-0.4, -0.2) is 15.2 Å². The van der Waals surface area contributed by atoms with E-state index in [9.17, 15) is 0 Å². The minimum atomic E-state index is 0.834. The fraction of sp³-hybridized carbons (Fsp3) is 0.417. The van der Waals surface area contributed by atoms with Gasteiger partial charge >= 0.3 is 0 Å². The van der Waals surface area contributed by atoms with Crippen molar-refractivity contribution in [1.82, 2.24) is 15.2 Å². The molecule has 0 bridgehead atoms. The zero-order chi connectivity index (χ0) is 10.3. The van der Waals surface area contributed by atoms with Crippen molar-refractivity contribution in [1.29, 1.82) is 0 Å². The Bertz CT molecular complexity index is 520. The average Bonchev–Trinajstić information content (AvgIpc) is 2.72. The molecule has 1 aromatic heterocycles. The quantitative estimate of drug-likeness (QED) is 0.705. The fourth-order valence-electron chi connectivity index (χ4n) is 2.19. The Morgan fingerprint density at radius 1 is 1.07 bits per heavy atom. The van der Waals surface area contributed by atoms with Gasteiger partial charge in [-0.15, -0.1) is 10.2 Å². The maximum Gasteiger partial charge on any atom is 0.151 e. The van der Waals surface area contributed by atoms with Crippen LogP contribution >= 0.6 is 0 Å². The molecule has 1 heterocycles. The van der Waals surface area contributed by atoms with Gasteiger partial charge in [0, 0.05) is 6.42 Å². The number of fused-ring (bicyclic) bond motifs is 2. The highest BCUT2D eigenvalue weighted by atomic mass is 15.1. The van der Waals surface area contributed by atoms with Gasteiger partial charge in [-0.05, 0) is 42.5 Å². The van der Waals surface area contributed by atoms with E-state index >= 15 is 0 Å². The van der Waals surface area contributed by atoms with Crippen LogP contribution < -0.4 is 0 Å². The highest BCUT2D eigenvalue weighted by Crippen LogP contribution is 2.25. The molecule has 0 saturated carbocycles. The van der Waals surface area contributed by atoms with Gasteiger partial charge in [0.1, 0.15) is 5.52 Å². The summed E-state index contributed by atoms with van der Waals surface area (Å²) in [6, 6.07) is 4.34. The highest BCUT2D eigenvalue weighted by molar-refractivity contribution is 5.76. The number of rotatable bonds is 1. The molecule has 3 rings (SSSR count). The second-order valence-corrected chi connectivity index (χ2v) is 4.04. The Morgan fingerprint density at radius 3 is 2.53 bits per heavy atom. The molecule has 0 unspecified atom stereocenters. The first-order valence-corrected chi connectivity index (χ1v) is 5.52. The summed E-state index contributed by atoms with van der Waals surface area (Å²) in [6.45, 7) is 2.05. The van der Waals surface area contributed by atoms with Gasteiger partial charge in [-0.1, -0.05) is 6.92 Å². The van der Waals surface area contributed by atoms with Gasteiger partial charge in [0.05, 0.1) is 5.52 Å². The third-order valence-electron chi connectivity index (χ3n) is 3.03. The second-order valence-electron chi connectivity index (χ2n) is 4.04. The predicted octanol–water partition coefficient (Wildman–Crippen LogP) is 2.08. The number of hydrogen-bond donors (Lipinski definition) is 0. The zero-order valence-electron chi connectivity index (χ0n) is 8.82. The van der Waals surface area contributed by atoms with Gasteiger partial charge in [-0.2, -0.15) is 0 Å². The van der Waals surface area contributed by atoms with E-state index in [-0.39, 0.29) is 0 Å². The summed E-state index contributed by atoms with van der Waals surface area (Å²) in [5.74, 6) is 0.834.